The van der Waals surface area contributed by atoms with Crippen LogP contribution in [-0.4, -0.2) is 17.1 Å². The maximum absolute atomic E-state index is 10.9. The van der Waals surface area contributed by atoms with Crippen molar-refractivity contribution in [2.75, 3.05) is 0 Å². The molecule has 3 aliphatic rings. The Morgan fingerprint density at radius 1 is 1.07 bits per heavy atom. The van der Waals surface area contributed by atoms with Crippen molar-refractivity contribution in [1.82, 2.24) is 0 Å². The van der Waals surface area contributed by atoms with Gasteiger partial charge in [-0.1, -0.05) is 0 Å². The van der Waals surface area contributed by atoms with Gasteiger partial charge in [-0.15, -0.1) is 0 Å². The molecule has 3 rings (SSSR count). The van der Waals surface area contributed by atoms with Gasteiger partial charge in [0, 0.05) is 6.04 Å². The number of carbonyl (C=O) groups is 1. The van der Waals surface area contributed by atoms with E-state index >= 15 is 0 Å². The first kappa shape index (κ1) is 8.72. The van der Waals surface area contributed by atoms with Gasteiger partial charge in [0.05, 0.1) is 5.92 Å². The molecule has 0 heterocycles. The highest BCUT2D eigenvalue weighted by Gasteiger charge is 2.55. The van der Waals surface area contributed by atoms with Crippen LogP contribution in [0.25, 0.3) is 0 Å². The number of nitrogens with two attached hydrogens (primary N) is 1. The first-order chi connectivity index (χ1) is 6.66. The number of fused-ring (bicyclic) bond motifs is 5. The molecule has 3 fully saturated rings. The molecule has 0 aliphatic heterocycles. The normalized spacial score (nSPS) is 54.9. The van der Waals surface area contributed by atoms with Crippen LogP contribution in [0, 0.1) is 29.6 Å². The molecule has 3 nitrogen and oxygen atoms in total. The van der Waals surface area contributed by atoms with E-state index in [2.05, 4.69) is 0 Å². The van der Waals surface area contributed by atoms with Crippen LogP contribution in [0.1, 0.15) is 25.7 Å². The summed E-state index contributed by atoms with van der Waals surface area (Å²) in [5, 5.41) is 9.00. The van der Waals surface area contributed by atoms with Crippen molar-refractivity contribution >= 4 is 5.97 Å². The van der Waals surface area contributed by atoms with Crippen LogP contribution in [0.4, 0.5) is 0 Å². The second kappa shape index (κ2) is 2.72. The third-order valence-electron chi connectivity index (χ3n) is 4.87. The third kappa shape index (κ3) is 0.991. The first-order valence-corrected chi connectivity index (χ1v) is 5.65. The van der Waals surface area contributed by atoms with Crippen molar-refractivity contribution in [2.24, 2.45) is 35.3 Å². The standard InChI is InChI=1S/C11H17NO2/c12-10-4-5-1-9(10)8-3-6(11(13)14)2-7(5)8/h5-10H,1-4,12H2,(H,13,14). The summed E-state index contributed by atoms with van der Waals surface area (Å²) in [6.07, 6.45) is 4.25. The van der Waals surface area contributed by atoms with Crippen LogP contribution in [0.3, 0.4) is 0 Å². The van der Waals surface area contributed by atoms with Gasteiger partial charge in [-0.05, 0) is 49.4 Å². The lowest BCUT2D eigenvalue weighted by Gasteiger charge is -2.28. The molecule has 78 valence electrons. The van der Waals surface area contributed by atoms with E-state index in [0.717, 1.165) is 25.2 Å². The summed E-state index contributed by atoms with van der Waals surface area (Å²) in [7, 11) is 0. The number of rotatable bonds is 1. The number of hydrogen-bond acceptors (Lipinski definition) is 2. The lowest BCUT2D eigenvalue weighted by Crippen LogP contribution is -2.34. The Hall–Kier alpha value is -0.570. The average Bonchev–Trinajstić information content (AvgIpc) is 2.70. The fourth-order valence-corrected chi connectivity index (χ4v) is 4.33. The van der Waals surface area contributed by atoms with Crippen LogP contribution < -0.4 is 5.73 Å². The number of carboxylic acids is 1. The number of carboxylic acid groups (broad SMARTS) is 1. The van der Waals surface area contributed by atoms with Gasteiger partial charge < -0.3 is 10.8 Å². The SMILES string of the molecule is NC1CC2CC1C1CC(C(=O)O)CC21. The van der Waals surface area contributed by atoms with Crippen molar-refractivity contribution in [1.29, 1.82) is 0 Å². The second-order valence-electron chi connectivity index (χ2n) is 5.39. The lowest BCUT2D eigenvalue weighted by molar-refractivity contribution is -0.141. The lowest BCUT2D eigenvalue weighted by atomic mass is 9.79. The van der Waals surface area contributed by atoms with Gasteiger partial charge in [0.1, 0.15) is 0 Å². The predicted octanol–water partition coefficient (Wildman–Crippen LogP) is 1.08. The minimum absolute atomic E-state index is 0.0689. The minimum atomic E-state index is -0.590. The van der Waals surface area contributed by atoms with Crippen LogP contribution in [-0.2, 0) is 4.79 Å². The van der Waals surface area contributed by atoms with Crippen molar-refractivity contribution in [3.8, 4) is 0 Å². The summed E-state index contributed by atoms with van der Waals surface area (Å²) in [6.45, 7) is 0. The van der Waals surface area contributed by atoms with Crippen LogP contribution in [0.2, 0.25) is 0 Å². The molecule has 3 saturated carbocycles. The molecule has 3 N–H and O–H groups in total. The molecule has 6 unspecified atom stereocenters. The monoisotopic (exact) mass is 195 g/mol. The van der Waals surface area contributed by atoms with Gasteiger partial charge in [-0.3, -0.25) is 4.79 Å². The van der Waals surface area contributed by atoms with Crippen molar-refractivity contribution in [3.05, 3.63) is 0 Å². The van der Waals surface area contributed by atoms with Crippen molar-refractivity contribution < 1.29 is 9.90 Å². The van der Waals surface area contributed by atoms with E-state index in [1.807, 2.05) is 0 Å². The van der Waals surface area contributed by atoms with Gasteiger partial charge in [0.2, 0.25) is 0 Å². The molecule has 0 aromatic heterocycles. The smallest absolute Gasteiger partial charge is 0.306 e. The highest BCUT2D eigenvalue weighted by atomic mass is 16.4. The molecule has 2 bridgehead atoms. The Morgan fingerprint density at radius 2 is 1.79 bits per heavy atom. The predicted molar refractivity (Wildman–Crippen MR) is 51.5 cm³/mol. The van der Waals surface area contributed by atoms with Crippen LogP contribution in [0.15, 0.2) is 0 Å². The van der Waals surface area contributed by atoms with Crippen molar-refractivity contribution in [2.45, 2.75) is 31.7 Å². The minimum Gasteiger partial charge on any atom is -0.481 e. The van der Waals surface area contributed by atoms with E-state index in [9.17, 15) is 4.79 Å². The van der Waals surface area contributed by atoms with Gasteiger partial charge in [0.25, 0.3) is 0 Å². The molecule has 6 atom stereocenters. The van der Waals surface area contributed by atoms with E-state index in [4.69, 9.17) is 10.8 Å². The highest BCUT2D eigenvalue weighted by molar-refractivity contribution is 5.70. The Balaban J connectivity index is 1.80. The Bertz CT molecular complexity index is 278. The second-order valence-corrected chi connectivity index (χ2v) is 5.39. The van der Waals surface area contributed by atoms with Crippen molar-refractivity contribution in [3.63, 3.8) is 0 Å². The molecule has 3 aliphatic carbocycles. The zero-order chi connectivity index (χ0) is 9.87. The summed E-state index contributed by atoms with van der Waals surface area (Å²) < 4.78 is 0. The molecule has 14 heavy (non-hydrogen) atoms. The molecule has 0 amide bonds. The van der Waals surface area contributed by atoms with E-state index in [0.29, 0.717) is 23.8 Å². The van der Waals surface area contributed by atoms with E-state index < -0.39 is 5.97 Å². The number of aliphatic carboxylic acids is 1. The zero-order valence-corrected chi connectivity index (χ0v) is 8.23. The summed E-state index contributed by atoms with van der Waals surface area (Å²) in [4.78, 5) is 10.9. The molecule has 0 saturated heterocycles. The Morgan fingerprint density at radius 3 is 2.50 bits per heavy atom. The first-order valence-electron chi connectivity index (χ1n) is 5.65. The van der Waals surface area contributed by atoms with Crippen LogP contribution >= 0.6 is 0 Å². The summed E-state index contributed by atoms with van der Waals surface area (Å²) >= 11 is 0. The van der Waals surface area contributed by atoms with E-state index in [1.54, 1.807) is 0 Å². The Kier molecular flexibility index (Phi) is 1.69. The quantitative estimate of drug-likeness (QED) is 0.658. The molecular weight excluding hydrogens is 178 g/mol. The number of hydrogen-bond donors (Lipinski definition) is 2. The average molecular weight is 195 g/mol. The topological polar surface area (TPSA) is 63.3 Å². The summed E-state index contributed by atoms with van der Waals surface area (Å²) in [5.74, 6) is 2.08. The maximum Gasteiger partial charge on any atom is 0.306 e. The molecule has 0 aromatic carbocycles. The molecular formula is C11H17NO2. The van der Waals surface area contributed by atoms with Gasteiger partial charge in [0.15, 0.2) is 0 Å². The summed E-state index contributed by atoms with van der Waals surface area (Å²) in [5.41, 5.74) is 6.05. The largest absolute Gasteiger partial charge is 0.481 e. The van der Waals surface area contributed by atoms with Gasteiger partial charge >= 0.3 is 5.97 Å². The summed E-state index contributed by atoms with van der Waals surface area (Å²) in [6, 6.07) is 0.369. The van der Waals surface area contributed by atoms with E-state index in [-0.39, 0.29) is 5.92 Å². The van der Waals surface area contributed by atoms with Crippen LogP contribution in [0.5, 0.6) is 0 Å². The van der Waals surface area contributed by atoms with E-state index in [1.165, 1.54) is 6.42 Å². The zero-order valence-electron chi connectivity index (χ0n) is 8.23. The molecule has 0 radical (unpaired) electrons. The highest BCUT2D eigenvalue weighted by Crippen LogP contribution is 2.59. The molecule has 0 spiro atoms. The maximum atomic E-state index is 10.9. The molecule has 3 heteroatoms. The third-order valence-corrected chi connectivity index (χ3v) is 4.87. The fraction of sp³-hybridized carbons (Fsp3) is 0.909. The Labute approximate surface area is 83.7 Å². The fourth-order valence-electron chi connectivity index (χ4n) is 4.33. The molecule has 0 aromatic rings. The van der Waals surface area contributed by atoms with Gasteiger partial charge in [-0.2, -0.15) is 0 Å². The van der Waals surface area contributed by atoms with Gasteiger partial charge in [-0.25, -0.2) is 0 Å².